The highest BCUT2D eigenvalue weighted by atomic mass is 32.1. The van der Waals surface area contributed by atoms with Crippen molar-refractivity contribution in [2.24, 2.45) is 0 Å². The first-order valence-electron chi connectivity index (χ1n) is 7.56. The van der Waals surface area contributed by atoms with Gasteiger partial charge in [0.25, 0.3) is 0 Å². The molecule has 3 heterocycles. The van der Waals surface area contributed by atoms with E-state index in [0.29, 0.717) is 0 Å². The summed E-state index contributed by atoms with van der Waals surface area (Å²) in [4.78, 5) is 16.0. The van der Waals surface area contributed by atoms with Gasteiger partial charge in [0.15, 0.2) is 0 Å². The number of fused-ring (bicyclic) bond motifs is 1. The molecule has 1 saturated heterocycles. The molecule has 0 unspecified atom stereocenters. The number of quaternary nitrogens is 1. The minimum Gasteiger partial charge on any atom is -0.345 e. The molecule has 0 saturated carbocycles. The average Bonchev–Trinajstić information content (AvgIpc) is 2.89. The largest absolute Gasteiger partial charge is 0.345 e. The summed E-state index contributed by atoms with van der Waals surface area (Å²) in [6.07, 6.45) is 1.08. The monoisotopic (exact) mass is 291 g/mol. The summed E-state index contributed by atoms with van der Waals surface area (Å²) in [5, 5.41) is 1.25. The molecule has 20 heavy (non-hydrogen) atoms. The molecular weight excluding hydrogens is 268 g/mol. The molecule has 1 aliphatic heterocycles. The molecule has 1 N–H and O–H groups in total. The summed E-state index contributed by atoms with van der Waals surface area (Å²) < 4.78 is 0. The maximum Gasteiger partial charge on any atom is 0.141 e. The number of anilines is 1. The lowest BCUT2D eigenvalue weighted by molar-refractivity contribution is -0.898. The highest BCUT2D eigenvalue weighted by Gasteiger charge is 2.22. The molecule has 0 atom stereocenters. The third kappa shape index (κ3) is 2.52. The Balaban J connectivity index is 1.96. The van der Waals surface area contributed by atoms with Crippen LogP contribution in [-0.2, 0) is 6.42 Å². The fourth-order valence-electron chi connectivity index (χ4n) is 2.86. The maximum absolute atomic E-state index is 4.74. The molecule has 0 spiro atoms. The Labute approximate surface area is 124 Å². The van der Waals surface area contributed by atoms with Crippen LogP contribution < -0.4 is 9.80 Å². The number of aryl methyl sites for hydroxylation is 2. The Kier molecular flexibility index (Phi) is 3.89. The number of piperazine rings is 1. The van der Waals surface area contributed by atoms with Crippen LogP contribution in [0, 0.1) is 6.92 Å². The third-order valence-corrected chi connectivity index (χ3v) is 5.33. The normalized spacial score (nSPS) is 17.1. The Morgan fingerprint density at radius 3 is 2.65 bits per heavy atom. The van der Waals surface area contributed by atoms with E-state index in [4.69, 9.17) is 4.98 Å². The van der Waals surface area contributed by atoms with E-state index < -0.39 is 0 Å². The Bertz CT molecular complexity index is 599. The fraction of sp³-hybridized carbons (Fsp3) is 0.600. The summed E-state index contributed by atoms with van der Waals surface area (Å²) in [6.45, 7) is 12.3. The van der Waals surface area contributed by atoms with Crippen molar-refractivity contribution < 1.29 is 4.90 Å². The van der Waals surface area contributed by atoms with E-state index in [9.17, 15) is 0 Å². The van der Waals surface area contributed by atoms with Crippen LogP contribution in [0.15, 0.2) is 6.07 Å². The minimum absolute atomic E-state index is 0.891. The van der Waals surface area contributed by atoms with E-state index >= 15 is 0 Å². The van der Waals surface area contributed by atoms with Gasteiger partial charge in [-0.05, 0) is 26.3 Å². The summed E-state index contributed by atoms with van der Waals surface area (Å²) >= 11 is 1.81. The molecule has 5 heteroatoms. The molecule has 3 rings (SSSR count). The number of likely N-dealkylation sites (N-methyl/N-ethyl adjacent to an activating group) is 1. The van der Waals surface area contributed by atoms with Crippen LogP contribution in [0.1, 0.15) is 24.5 Å². The number of nitrogens with one attached hydrogen (secondary N) is 1. The van der Waals surface area contributed by atoms with Gasteiger partial charge in [0.1, 0.15) is 16.5 Å². The van der Waals surface area contributed by atoms with Gasteiger partial charge in [-0.2, -0.15) is 0 Å². The van der Waals surface area contributed by atoms with Gasteiger partial charge in [-0.15, -0.1) is 11.3 Å². The molecule has 0 aliphatic carbocycles. The van der Waals surface area contributed by atoms with Crippen molar-refractivity contribution in [1.82, 2.24) is 9.97 Å². The second-order valence-corrected chi connectivity index (χ2v) is 6.59. The van der Waals surface area contributed by atoms with E-state index in [-0.39, 0.29) is 0 Å². The molecule has 0 bridgehead atoms. The SMILES string of the molecule is CCc1cc2c(N3CC[NH+](CC)CC3)nc(C)nc2s1. The molecule has 1 fully saturated rings. The quantitative estimate of drug-likeness (QED) is 0.925. The maximum atomic E-state index is 4.74. The average molecular weight is 291 g/mol. The van der Waals surface area contributed by atoms with Gasteiger partial charge in [-0.3, -0.25) is 0 Å². The van der Waals surface area contributed by atoms with Crippen molar-refractivity contribution in [1.29, 1.82) is 0 Å². The zero-order valence-electron chi connectivity index (χ0n) is 12.6. The highest BCUT2D eigenvalue weighted by molar-refractivity contribution is 7.18. The highest BCUT2D eigenvalue weighted by Crippen LogP contribution is 2.31. The smallest absolute Gasteiger partial charge is 0.141 e. The number of thiophene rings is 1. The Morgan fingerprint density at radius 1 is 1.25 bits per heavy atom. The number of aromatic nitrogens is 2. The third-order valence-electron chi connectivity index (χ3n) is 4.15. The zero-order valence-corrected chi connectivity index (χ0v) is 13.4. The van der Waals surface area contributed by atoms with Crippen molar-refractivity contribution >= 4 is 27.4 Å². The molecule has 1 aliphatic rings. The lowest BCUT2D eigenvalue weighted by atomic mass is 10.2. The van der Waals surface area contributed by atoms with Crippen LogP contribution in [-0.4, -0.2) is 42.7 Å². The lowest BCUT2D eigenvalue weighted by Gasteiger charge is -2.32. The Hall–Kier alpha value is -1.20. The van der Waals surface area contributed by atoms with Gasteiger partial charge in [0, 0.05) is 4.88 Å². The molecule has 2 aromatic heterocycles. The summed E-state index contributed by atoms with van der Waals surface area (Å²) in [5.74, 6) is 2.04. The van der Waals surface area contributed by atoms with Gasteiger partial charge in [0.2, 0.25) is 0 Å². The minimum atomic E-state index is 0.891. The second kappa shape index (κ2) is 5.66. The zero-order chi connectivity index (χ0) is 14.1. The van der Waals surface area contributed by atoms with Crippen LogP contribution in [0.5, 0.6) is 0 Å². The van der Waals surface area contributed by atoms with E-state index in [1.165, 1.54) is 29.9 Å². The van der Waals surface area contributed by atoms with Crippen molar-refractivity contribution in [2.75, 3.05) is 37.6 Å². The molecule has 4 nitrogen and oxygen atoms in total. The first kappa shape index (κ1) is 13.8. The molecule has 0 radical (unpaired) electrons. The van der Waals surface area contributed by atoms with Crippen LogP contribution in [0.4, 0.5) is 5.82 Å². The van der Waals surface area contributed by atoms with Gasteiger partial charge < -0.3 is 9.80 Å². The van der Waals surface area contributed by atoms with E-state index in [1.54, 1.807) is 4.90 Å². The molecule has 108 valence electrons. The molecule has 2 aromatic rings. The summed E-state index contributed by atoms with van der Waals surface area (Å²) in [5.41, 5.74) is 0. The number of nitrogens with zero attached hydrogens (tertiary/aromatic N) is 3. The van der Waals surface area contributed by atoms with Crippen molar-refractivity contribution in [3.05, 3.63) is 16.8 Å². The second-order valence-electron chi connectivity index (χ2n) is 5.47. The first-order valence-corrected chi connectivity index (χ1v) is 8.38. The van der Waals surface area contributed by atoms with E-state index in [2.05, 4.69) is 29.8 Å². The van der Waals surface area contributed by atoms with E-state index in [0.717, 1.165) is 36.0 Å². The number of hydrogen-bond donors (Lipinski definition) is 1. The predicted octanol–water partition coefficient (Wildman–Crippen LogP) is 1.29. The van der Waals surface area contributed by atoms with Crippen molar-refractivity contribution in [3.8, 4) is 0 Å². The Morgan fingerprint density at radius 2 is 2.00 bits per heavy atom. The van der Waals surface area contributed by atoms with Crippen LogP contribution in [0.2, 0.25) is 0 Å². The predicted molar refractivity (Wildman–Crippen MR) is 85.0 cm³/mol. The van der Waals surface area contributed by atoms with E-state index in [1.807, 2.05) is 18.3 Å². The van der Waals surface area contributed by atoms with Crippen molar-refractivity contribution in [2.45, 2.75) is 27.2 Å². The van der Waals surface area contributed by atoms with Gasteiger partial charge in [-0.1, -0.05) is 6.92 Å². The summed E-state index contributed by atoms with van der Waals surface area (Å²) in [7, 11) is 0. The van der Waals surface area contributed by atoms with Gasteiger partial charge in [-0.25, -0.2) is 9.97 Å². The molecular formula is C15H23N4S+. The summed E-state index contributed by atoms with van der Waals surface area (Å²) in [6, 6.07) is 2.29. The van der Waals surface area contributed by atoms with Crippen molar-refractivity contribution in [3.63, 3.8) is 0 Å². The van der Waals surface area contributed by atoms with Crippen LogP contribution in [0.3, 0.4) is 0 Å². The molecule has 0 aromatic carbocycles. The topological polar surface area (TPSA) is 33.5 Å². The van der Waals surface area contributed by atoms with Gasteiger partial charge >= 0.3 is 0 Å². The first-order chi connectivity index (χ1) is 9.71. The number of hydrogen-bond acceptors (Lipinski definition) is 4. The molecule has 0 amide bonds. The standard InChI is InChI=1S/C15H22N4S/c1-4-12-10-13-14(16-11(3)17-15(13)20-12)19-8-6-18(5-2)7-9-19/h10H,4-9H2,1-3H3/p+1. The van der Waals surface area contributed by atoms with Crippen LogP contribution >= 0.6 is 11.3 Å². The van der Waals surface area contributed by atoms with Gasteiger partial charge in [0.05, 0.1) is 38.1 Å². The number of rotatable bonds is 3. The fourth-order valence-corrected chi connectivity index (χ4v) is 3.87. The van der Waals surface area contributed by atoms with Crippen LogP contribution in [0.25, 0.3) is 10.2 Å². The lowest BCUT2D eigenvalue weighted by Crippen LogP contribution is -3.14.